The summed E-state index contributed by atoms with van der Waals surface area (Å²) in [5.74, 6) is 1.34. The van der Waals surface area contributed by atoms with Gasteiger partial charge in [-0.2, -0.15) is 0 Å². The van der Waals surface area contributed by atoms with Crippen molar-refractivity contribution in [2.24, 2.45) is 0 Å². The molecule has 2 atom stereocenters. The van der Waals surface area contributed by atoms with E-state index in [1.54, 1.807) is 0 Å². The third-order valence-electron chi connectivity index (χ3n) is 4.57. The van der Waals surface area contributed by atoms with E-state index in [0.29, 0.717) is 42.7 Å². The normalized spacial score (nSPS) is 18.7. The number of hydrogen-bond acceptors (Lipinski definition) is 5. The quantitative estimate of drug-likeness (QED) is 0.630. The van der Waals surface area contributed by atoms with Gasteiger partial charge in [-0.25, -0.2) is 10.9 Å². The molecule has 0 aliphatic carbocycles. The van der Waals surface area contributed by atoms with Crippen LogP contribution < -0.4 is 25.6 Å². The van der Waals surface area contributed by atoms with Crippen LogP contribution >= 0.6 is 11.6 Å². The fourth-order valence-electron chi connectivity index (χ4n) is 3.21. The number of halogens is 1. The maximum absolute atomic E-state index is 12.6. The van der Waals surface area contributed by atoms with Crippen LogP contribution in [0.3, 0.4) is 0 Å². The Kier molecular flexibility index (Phi) is 7.14. The molecule has 1 fully saturated rings. The molecule has 1 aliphatic rings. The number of ether oxygens (including phenoxy) is 2. The average Bonchev–Trinajstić information content (AvgIpc) is 3.18. The number of carbonyl (C=O) groups is 1. The molecule has 0 saturated carbocycles. The Morgan fingerprint density at radius 2 is 1.86 bits per heavy atom. The third kappa shape index (κ3) is 4.95. The minimum atomic E-state index is -0.324. The van der Waals surface area contributed by atoms with E-state index in [1.807, 2.05) is 56.3 Å². The number of rotatable bonds is 8. The van der Waals surface area contributed by atoms with Crippen LogP contribution in [0.25, 0.3) is 0 Å². The van der Waals surface area contributed by atoms with Gasteiger partial charge >= 0.3 is 0 Å². The van der Waals surface area contributed by atoms with Crippen LogP contribution in [-0.4, -0.2) is 25.2 Å². The second-order valence-electron chi connectivity index (χ2n) is 6.52. The van der Waals surface area contributed by atoms with E-state index in [9.17, 15) is 4.79 Å². The monoisotopic (exact) mass is 403 g/mol. The molecular formula is C21H26ClN3O3. The highest BCUT2D eigenvalue weighted by atomic mass is 35.5. The number of amides is 1. The summed E-state index contributed by atoms with van der Waals surface area (Å²) < 4.78 is 11.2. The molecule has 1 aliphatic heterocycles. The van der Waals surface area contributed by atoms with Gasteiger partial charge < -0.3 is 14.8 Å². The molecule has 3 rings (SSSR count). The number of benzene rings is 2. The van der Waals surface area contributed by atoms with Gasteiger partial charge in [-0.1, -0.05) is 35.9 Å². The van der Waals surface area contributed by atoms with Gasteiger partial charge in [0.2, 0.25) is 5.91 Å². The molecule has 1 heterocycles. The Hall–Kier alpha value is -2.28. The van der Waals surface area contributed by atoms with E-state index >= 15 is 0 Å². The lowest BCUT2D eigenvalue weighted by Crippen LogP contribution is -2.42. The first kappa shape index (κ1) is 20.5. The van der Waals surface area contributed by atoms with Gasteiger partial charge in [-0.15, -0.1) is 0 Å². The van der Waals surface area contributed by atoms with E-state index in [0.717, 1.165) is 11.1 Å². The zero-order valence-corrected chi connectivity index (χ0v) is 16.9. The maximum atomic E-state index is 12.6. The summed E-state index contributed by atoms with van der Waals surface area (Å²) in [6.45, 7) is 5.40. The SMILES string of the molecule is CCOc1ccc(CNC(=O)C2CC(c3ccccc3Cl)NN2)cc1OCC. The second-order valence-corrected chi connectivity index (χ2v) is 6.92. The predicted octanol–water partition coefficient (Wildman–Crippen LogP) is 3.36. The Balaban J connectivity index is 1.57. The fraction of sp³-hybridized carbons (Fsp3) is 0.381. The largest absolute Gasteiger partial charge is 0.490 e. The molecule has 7 heteroatoms. The van der Waals surface area contributed by atoms with Crippen LogP contribution in [0.15, 0.2) is 42.5 Å². The first-order valence-electron chi connectivity index (χ1n) is 9.54. The van der Waals surface area contributed by atoms with Gasteiger partial charge in [0.15, 0.2) is 11.5 Å². The van der Waals surface area contributed by atoms with E-state index in [-0.39, 0.29) is 18.0 Å². The summed E-state index contributed by atoms with van der Waals surface area (Å²) >= 11 is 6.26. The lowest BCUT2D eigenvalue weighted by atomic mass is 10.0. The average molecular weight is 404 g/mol. The highest BCUT2D eigenvalue weighted by Crippen LogP contribution is 2.29. The van der Waals surface area contributed by atoms with E-state index in [4.69, 9.17) is 21.1 Å². The first-order chi connectivity index (χ1) is 13.6. The maximum Gasteiger partial charge on any atom is 0.238 e. The topological polar surface area (TPSA) is 71.6 Å². The van der Waals surface area contributed by atoms with Crippen molar-refractivity contribution in [3.63, 3.8) is 0 Å². The molecule has 1 saturated heterocycles. The summed E-state index contributed by atoms with van der Waals surface area (Å²) in [5.41, 5.74) is 8.16. The van der Waals surface area contributed by atoms with Crippen LogP contribution in [-0.2, 0) is 11.3 Å². The minimum Gasteiger partial charge on any atom is -0.490 e. The van der Waals surface area contributed by atoms with E-state index in [2.05, 4.69) is 16.2 Å². The molecular weight excluding hydrogens is 378 g/mol. The molecule has 150 valence electrons. The van der Waals surface area contributed by atoms with Crippen molar-refractivity contribution in [2.45, 2.75) is 38.9 Å². The van der Waals surface area contributed by atoms with Gasteiger partial charge in [0.1, 0.15) is 6.04 Å². The number of hydrogen-bond donors (Lipinski definition) is 3. The number of nitrogens with one attached hydrogen (secondary N) is 3. The van der Waals surface area contributed by atoms with Crippen molar-refractivity contribution in [3.05, 3.63) is 58.6 Å². The van der Waals surface area contributed by atoms with Crippen molar-refractivity contribution in [1.82, 2.24) is 16.2 Å². The van der Waals surface area contributed by atoms with Gasteiger partial charge in [-0.3, -0.25) is 4.79 Å². The molecule has 3 N–H and O–H groups in total. The van der Waals surface area contributed by atoms with Gasteiger partial charge in [0.25, 0.3) is 0 Å². The van der Waals surface area contributed by atoms with Crippen molar-refractivity contribution < 1.29 is 14.3 Å². The second kappa shape index (κ2) is 9.78. The highest BCUT2D eigenvalue weighted by molar-refractivity contribution is 6.31. The molecule has 1 amide bonds. The summed E-state index contributed by atoms with van der Waals surface area (Å²) in [5, 5.41) is 3.67. The highest BCUT2D eigenvalue weighted by Gasteiger charge is 2.30. The first-order valence-corrected chi connectivity index (χ1v) is 9.91. The Morgan fingerprint density at radius 1 is 1.11 bits per heavy atom. The van der Waals surface area contributed by atoms with Gasteiger partial charge in [-0.05, 0) is 49.6 Å². The number of carbonyl (C=O) groups excluding carboxylic acids is 1. The van der Waals surface area contributed by atoms with Gasteiger partial charge in [0.05, 0.1) is 13.2 Å². The molecule has 0 aromatic heterocycles. The molecule has 0 bridgehead atoms. The smallest absolute Gasteiger partial charge is 0.238 e. The van der Waals surface area contributed by atoms with Crippen molar-refractivity contribution in [1.29, 1.82) is 0 Å². The zero-order chi connectivity index (χ0) is 19.9. The van der Waals surface area contributed by atoms with E-state index < -0.39 is 0 Å². The van der Waals surface area contributed by atoms with Crippen molar-refractivity contribution in [2.75, 3.05) is 13.2 Å². The molecule has 0 radical (unpaired) electrons. The lowest BCUT2D eigenvalue weighted by Gasteiger charge is -2.14. The molecule has 2 unspecified atom stereocenters. The lowest BCUT2D eigenvalue weighted by molar-refractivity contribution is -0.123. The Morgan fingerprint density at radius 3 is 2.61 bits per heavy atom. The Bertz CT molecular complexity index is 815. The van der Waals surface area contributed by atoms with Crippen LogP contribution in [0.1, 0.15) is 37.4 Å². The predicted molar refractivity (Wildman–Crippen MR) is 109 cm³/mol. The summed E-state index contributed by atoms with van der Waals surface area (Å²) in [4.78, 5) is 12.6. The minimum absolute atomic E-state index is 0.000479. The third-order valence-corrected chi connectivity index (χ3v) is 4.92. The molecule has 2 aromatic rings. The van der Waals surface area contributed by atoms with Gasteiger partial charge in [0, 0.05) is 17.6 Å². The van der Waals surface area contributed by atoms with Crippen LogP contribution in [0.5, 0.6) is 11.5 Å². The Labute approximate surface area is 170 Å². The van der Waals surface area contributed by atoms with Crippen LogP contribution in [0.2, 0.25) is 5.02 Å². The summed E-state index contributed by atoms with van der Waals surface area (Å²) in [6.07, 6.45) is 0.628. The summed E-state index contributed by atoms with van der Waals surface area (Å²) in [7, 11) is 0. The molecule has 2 aromatic carbocycles. The summed E-state index contributed by atoms with van der Waals surface area (Å²) in [6, 6.07) is 13.0. The van der Waals surface area contributed by atoms with Crippen molar-refractivity contribution >= 4 is 17.5 Å². The standard InChI is InChI=1S/C21H26ClN3O3/c1-3-27-19-10-9-14(11-20(19)28-4-2)13-23-21(26)18-12-17(24-25-18)15-7-5-6-8-16(15)22/h5-11,17-18,24-25H,3-4,12-13H2,1-2H3,(H,23,26). The van der Waals surface area contributed by atoms with Crippen molar-refractivity contribution in [3.8, 4) is 11.5 Å². The zero-order valence-electron chi connectivity index (χ0n) is 16.1. The van der Waals surface area contributed by atoms with Crippen LogP contribution in [0.4, 0.5) is 0 Å². The molecule has 6 nitrogen and oxygen atoms in total. The fourth-order valence-corrected chi connectivity index (χ4v) is 3.48. The molecule has 0 spiro atoms. The van der Waals surface area contributed by atoms with E-state index in [1.165, 1.54) is 0 Å². The number of hydrazine groups is 1. The van der Waals surface area contributed by atoms with Crippen LogP contribution in [0, 0.1) is 0 Å². The molecule has 28 heavy (non-hydrogen) atoms.